The molecule has 138 valence electrons. The van der Waals surface area contributed by atoms with Crippen LogP contribution in [0.4, 0.5) is 0 Å². The van der Waals surface area contributed by atoms with Crippen molar-refractivity contribution in [1.29, 1.82) is 0 Å². The van der Waals surface area contributed by atoms with Crippen molar-refractivity contribution in [3.63, 3.8) is 0 Å². The number of allylic oxidation sites excluding steroid dienone is 1. The average molecular weight is 366 g/mol. The summed E-state index contributed by atoms with van der Waals surface area (Å²) >= 11 is 0. The lowest BCUT2D eigenvalue weighted by molar-refractivity contribution is 0.636. The van der Waals surface area contributed by atoms with E-state index in [1.165, 1.54) is 5.39 Å². The Morgan fingerprint density at radius 2 is 1.93 bits per heavy atom. The van der Waals surface area contributed by atoms with E-state index >= 15 is 0 Å². The topological polar surface area (TPSA) is 50.5 Å². The maximum absolute atomic E-state index is 4.94. The van der Waals surface area contributed by atoms with Crippen molar-refractivity contribution in [1.82, 2.24) is 9.97 Å². The summed E-state index contributed by atoms with van der Waals surface area (Å²) in [7, 11) is 0. The normalized spacial score (nSPS) is 19.6. The summed E-state index contributed by atoms with van der Waals surface area (Å²) in [5.74, 6) is 0.943. The SMILES string of the molecule is C1=C\c2ncccc2C2=NC(CCc3ccc4ccccc4n3)=NC(CC/1)C2. The Labute approximate surface area is 164 Å². The first-order valence-electron chi connectivity index (χ1n) is 9.96. The quantitative estimate of drug-likeness (QED) is 0.653. The predicted octanol–water partition coefficient (Wildman–Crippen LogP) is 5.03. The van der Waals surface area contributed by atoms with E-state index in [9.17, 15) is 0 Å². The van der Waals surface area contributed by atoms with Crippen LogP contribution in [0.5, 0.6) is 0 Å². The van der Waals surface area contributed by atoms with Crippen molar-refractivity contribution in [3.8, 4) is 0 Å². The van der Waals surface area contributed by atoms with Crippen LogP contribution in [0.25, 0.3) is 17.0 Å². The predicted molar refractivity (Wildman–Crippen MR) is 115 cm³/mol. The highest BCUT2D eigenvalue weighted by atomic mass is 15.0. The van der Waals surface area contributed by atoms with E-state index in [1.807, 2.05) is 24.4 Å². The molecule has 1 atom stereocenters. The summed E-state index contributed by atoms with van der Waals surface area (Å²) in [5.41, 5.74) is 5.41. The van der Waals surface area contributed by atoms with Gasteiger partial charge in [0.2, 0.25) is 0 Å². The Kier molecular flexibility index (Phi) is 4.53. The highest BCUT2D eigenvalue weighted by Gasteiger charge is 2.21. The molecule has 4 heteroatoms. The number of benzene rings is 1. The minimum absolute atomic E-state index is 0.308. The van der Waals surface area contributed by atoms with Crippen LogP contribution in [-0.4, -0.2) is 27.6 Å². The molecule has 28 heavy (non-hydrogen) atoms. The molecular formula is C24H22N4. The molecule has 2 bridgehead atoms. The molecule has 1 aromatic carbocycles. The minimum Gasteiger partial charge on any atom is -0.267 e. The molecule has 0 fully saturated rings. The van der Waals surface area contributed by atoms with Crippen LogP contribution < -0.4 is 0 Å². The third-order valence-electron chi connectivity index (χ3n) is 5.38. The highest BCUT2D eigenvalue weighted by Crippen LogP contribution is 2.24. The van der Waals surface area contributed by atoms with Crippen LogP contribution in [0.1, 0.15) is 42.6 Å². The Morgan fingerprint density at radius 1 is 0.964 bits per heavy atom. The number of nitrogens with zero attached hydrogens (tertiary/aromatic N) is 4. The van der Waals surface area contributed by atoms with E-state index in [0.29, 0.717) is 6.04 Å². The lowest BCUT2D eigenvalue weighted by atomic mass is 9.98. The van der Waals surface area contributed by atoms with E-state index in [-0.39, 0.29) is 0 Å². The number of aromatic nitrogens is 2. The summed E-state index contributed by atoms with van der Waals surface area (Å²) in [4.78, 5) is 19.2. The molecule has 0 saturated heterocycles. The molecule has 2 aliphatic rings. The van der Waals surface area contributed by atoms with Gasteiger partial charge in [-0.2, -0.15) is 0 Å². The van der Waals surface area contributed by atoms with Gasteiger partial charge in [-0.1, -0.05) is 30.3 Å². The van der Waals surface area contributed by atoms with Gasteiger partial charge in [0.1, 0.15) is 5.84 Å². The average Bonchev–Trinajstić information content (AvgIpc) is 2.80. The smallest absolute Gasteiger partial charge is 0.124 e. The molecule has 0 radical (unpaired) electrons. The van der Waals surface area contributed by atoms with Crippen molar-refractivity contribution >= 4 is 28.5 Å². The lowest BCUT2D eigenvalue weighted by Gasteiger charge is -2.20. The van der Waals surface area contributed by atoms with Crippen LogP contribution >= 0.6 is 0 Å². The second-order valence-electron chi connectivity index (χ2n) is 7.37. The summed E-state index contributed by atoms with van der Waals surface area (Å²) in [6.45, 7) is 0. The molecule has 5 rings (SSSR count). The first-order valence-corrected chi connectivity index (χ1v) is 9.96. The van der Waals surface area contributed by atoms with Gasteiger partial charge in [-0.3, -0.25) is 15.0 Å². The number of aryl methyl sites for hydroxylation is 1. The first kappa shape index (κ1) is 17.0. The van der Waals surface area contributed by atoms with Crippen molar-refractivity contribution in [3.05, 3.63) is 77.8 Å². The van der Waals surface area contributed by atoms with Gasteiger partial charge < -0.3 is 0 Å². The molecule has 0 saturated carbocycles. The zero-order chi connectivity index (χ0) is 18.8. The number of hydrogen-bond acceptors (Lipinski definition) is 4. The second kappa shape index (κ2) is 7.47. The Bertz CT molecular complexity index is 1110. The summed E-state index contributed by atoms with van der Waals surface area (Å²) in [5, 5.41) is 1.18. The number of pyridine rings is 2. The maximum atomic E-state index is 4.94. The number of aliphatic imine (C=N–C) groups is 2. The lowest BCUT2D eigenvalue weighted by Crippen LogP contribution is -2.22. The van der Waals surface area contributed by atoms with Crippen molar-refractivity contribution in [2.24, 2.45) is 9.98 Å². The van der Waals surface area contributed by atoms with E-state index in [0.717, 1.165) is 66.1 Å². The number of hydrogen-bond donors (Lipinski definition) is 0. The number of rotatable bonds is 3. The van der Waals surface area contributed by atoms with Crippen molar-refractivity contribution < 1.29 is 0 Å². The van der Waals surface area contributed by atoms with Crippen LogP contribution in [0, 0.1) is 0 Å². The zero-order valence-corrected chi connectivity index (χ0v) is 15.8. The summed E-state index contributed by atoms with van der Waals surface area (Å²) in [6, 6.07) is 16.9. The van der Waals surface area contributed by atoms with Gasteiger partial charge in [-0.05, 0) is 49.6 Å². The van der Waals surface area contributed by atoms with Crippen LogP contribution in [-0.2, 0) is 6.42 Å². The number of amidine groups is 1. The van der Waals surface area contributed by atoms with Gasteiger partial charge in [-0.25, -0.2) is 4.99 Å². The molecule has 0 N–H and O–H groups in total. The van der Waals surface area contributed by atoms with Crippen LogP contribution in [0.15, 0.2) is 70.8 Å². The Hall–Kier alpha value is -3.14. The molecular weight excluding hydrogens is 344 g/mol. The van der Waals surface area contributed by atoms with E-state index < -0.39 is 0 Å². The molecule has 1 aliphatic carbocycles. The van der Waals surface area contributed by atoms with Crippen molar-refractivity contribution in [2.45, 2.75) is 38.1 Å². The van der Waals surface area contributed by atoms with E-state index in [1.54, 1.807) is 0 Å². The molecule has 0 amide bonds. The van der Waals surface area contributed by atoms with Crippen molar-refractivity contribution in [2.75, 3.05) is 0 Å². The van der Waals surface area contributed by atoms with Gasteiger partial charge in [-0.15, -0.1) is 0 Å². The van der Waals surface area contributed by atoms with Crippen LogP contribution in [0.3, 0.4) is 0 Å². The fourth-order valence-electron chi connectivity index (χ4n) is 3.93. The third kappa shape index (κ3) is 3.50. The largest absolute Gasteiger partial charge is 0.267 e. The van der Waals surface area contributed by atoms with Gasteiger partial charge in [0.05, 0.1) is 23.0 Å². The van der Waals surface area contributed by atoms with E-state index in [2.05, 4.69) is 47.5 Å². The molecule has 2 aromatic heterocycles. The molecule has 0 spiro atoms. The molecule has 4 nitrogen and oxygen atoms in total. The monoisotopic (exact) mass is 366 g/mol. The first-order chi connectivity index (χ1) is 13.8. The highest BCUT2D eigenvalue weighted by molar-refractivity contribution is 6.10. The second-order valence-corrected chi connectivity index (χ2v) is 7.37. The fraction of sp³-hybridized carbons (Fsp3) is 0.250. The fourth-order valence-corrected chi connectivity index (χ4v) is 3.93. The van der Waals surface area contributed by atoms with Crippen LogP contribution in [0.2, 0.25) is 0 Å². The number of para-hydroxylation sites is 1. The standard InChI is InChI=1S/C24H22N4/c1-3-9-21-17(6-1)11-12-18(26-21)13-14-24-27-19-7-2-4-10-22-20(8-5-15-25-22)23(16-19)28-24/h1,3-6,8-12,15,19H,2,7,13-14,16H2/b10-4-. The molecule has 1 unspecified atom stereocenters. The Balaban J connectivity index is 1.41. The Morgan fingerprint density at radius 3 is 2.93 bits per heavy atom. The molecule has 3 heterocycles. The number of fused-ring (bicyclic) bond motifs is 5. The van der Waals surface area contributed by atoms with Gasteiger partial charge in [0, 0.05) is 35.7 Å². The zero-order valence-electron chi connectivity index (χ0n) is 15.8. The van der Waals surface area contributed by atoms with E-state index in [4.69, 9.17) is 15.0 Å². The summed E-state index contributed by atoms with van der Waals surface area (Å²) < 4.78 is 0. The van der Waals surface area contributed by atoms with Gasteiger partial charge >= 0.3 is 0 Å². The molecule has 3 aromatic rings. The molecule has 1 aliphatic heterocycles. The maximum Gasteiger partial charge on any atom is 0.124 e. The van der Waals surface area contributed by atoms with Gasteiger partial charge in [0.25, 0.3) is 0 Å². The summed E-state index contributed by atoms with van der Waals surface area (Å²) in [6.07, 6.45) is 10.8. The third-order valence-corrected chi connectivity index (χ3v) is 5.38. The minimum atomic E-state index is 0.308. The van der Waals surface area contributed by atoms with Gasteiger partial charge in [0.15, 0.2) is 0 Å².